The van der Waals surface area contributed by atoms with Crippen molar-refractivity contribution in [3.63, 3.8) is 0 Å². The van der Waals surface area contributed by atoms with Crippen molar-refractivity contribution in [2.24, 2.45) is 0 Å². The van der Waals surface area contributed by atoms with E-state index >= 15 is 0 Å². The number of nitrogen functional groups attached to an aromatic ring is 1. The highest BCUT2D eigenvalue weighted by Gasteiger charge is 2.26. The molecule has 178 valence electrons. The van der Waals surface area contributed by atoms with E-state index in [0.29, 0.717) is 27.9 Å². The van der Waals surface area contributed by atoms with Crippen LogP contribution in [0.15, 0.2) is 48.7 Å². The molecule has 0 bridgehead atoms. The van der Waals surface area contributed by atoms with E-state index < -0.39 is 11.7 Å². The number of carbonyl (C=O) groups is 2. The summed E-state index contributed by atoms with van der Waals surface area (Å²) >= 11 is 0. The Morgan fingerprint density at radius 3 is 2.63 bits per heavy atom. The molecule has 0 radical (unpaired) electrons. The van der Waals surface area contributed by atoms with Crippen LogP contribution >= 0.6 is 0 Å². The number of halogens is 1. The first kappa shape index (κ1) is 22.3. The zero-order valence-corrected chi connectivity index (χ0v) is 18.9. The Morgan fingerprint density at radius 2 is 1.91 bits per heavy atom. The van der Waals surface area contributed by atoms with Crippen molar-refractivity contribution in [1.29, 1.82) is 0 Å². The maximum Gasteiger partial charge on any atom is 0.255 e. The Morgan fingerprint density at radius 1 is 1.14 bits per heavy atom. The number of H-pyrrole nitrogens is 1. The number of nitrogens with two attached hydrogens (primary N) is 1. The molecule has 0 saturated heterocycles. The molecular weight excluding hydrogens is 451 g/mol. The van der Waals surface area contributed by atoms with E-state index in [-0.39, 0.29) is 29.9 Å². The highest BCUT2D eigenvalue weighted by Crippen LogP contribution is 2.32. The Labute approximate surface area is 199 Å². The summed E-state index contributed by atoms with van der Waals surface area (Å²) in [5, 5.41) is 13.2. The lowest BCUT2D eigenvalue weighted by molar-refractivity contribution is 0.0941. The molecule has 5 rings (SSSR count). The molecule has 9 nitrogen and oxygen atoms in total. The third kappa shape index (κ3) is 4.50. The Balaban J connectivity index is 1.35. The molecule has 4 aromatic rings. The SMILES string of the molecule is COc1ccc(F)cc1C(=O)NCc1ccc(-c2ncc(C(=O)NC3CC3)c3[nH]nc(N)c23)cc1. The van der Waals surface area contributed by atoms with Gasteiger partial charge in [-0.15, -0.1) is 0 Å². The van der Waals surface area contributed by atoms with Crippen molar-refractivity contribution < 1.29 is 18.7 Å². The molecule has 10 heteroatoms. The van der Waals surface area contributed by atoms with Crippen LogP contribution in [0.3, 0.4) is 0 Å². The summed E-state index contributed by atoms with van der Waals surface area (Å²) in [6.07, 6.45) is 3.48. The van der Waals surface area contributed by atoms with Gasteiger partial charge in [0, 0.05) is 24.3 Å². The van der Waals surface area contributed by atoms with E-state index in [4.69, 9.17) is 10.5 Å². The lowest BCUT2D eigenvalue weighted by Gasteiger charge is -2.11. The number of nitrogens with zero attached hydrogens (tertiary/aromatic N) is 2. The predicted octanol–water partition coefficient (Wildman–Crippen LogP) is 3.18. The Bertz CT molecular complexity index is 1430. The van der Waals surface area contributed by atoms with Crippen molar-refractivity contribution in [2.75, 3.05) is 12.8 Å². The molecule has 2 amide bonds. The van der Waals surface area contributed by atoms with Gasteiger partial charge in [-0.05, 0) is 36.6 Å². The van der Waals surface area contributed by atoms with E-state index in [1.165, 1.54) is 25.4 Å². The number of methoxy groups -OCH3 is 1. The maximum absolute atomic E-state index is 13.6. The number of anilines is 1. The number of rotatable bonds is 7. The van der Waals surface area contributed by atoms with Gasteiger partial charge in [0.15, 0.2) is 5.82 Å². The molecule has 1 saturated carbocycles. The molecule has 35 heavy (non-hydrogen) atoms. The number of carbonyl (C=O) groups excluding carboxylic acids is 2. The minimum absolute atomic E-state index is 0.122. The monoisotopic (exact) mass is 474 g/mol. The summed E-state index contributed by atoms with van der Waals surface area (Å²) in [5.74, 6) is -0.625. The number of hydrogen-bond donors (Lipinski definition) is 4. The number of fused-ring (bicyclic) bond motifs is 1. The molecular formula is C25H23FN6O3. The molecule has 2 heterocycles. The van der Waals surface area contributed by atoms with Gasteiger partial charge in [-0.2, -0.15) is 5.10 Å². The predicted molar refractivity (Wildman–Crippen MR) is 128 cm³/mol. The van der Waals surface area contributed by atoms with Gasteiger partial charge >= 0.3 is 0 Å². The quantitative estimate of drug-likeness (QED) is 0.325. The van der Waals surface area contributed by atoms with Gasteiger partial charge in [-0.3, -0.25) is 19.7 Å². The number of aromatic amines is 1. The number of pyridine rings is 1. The molecule has 0 aliphatic heterocycles. The van der Waals surface area contributed by atoms with E-state index in [2.05, 4.69) is 25.8 Å². The molecule has 0 spiro atoms. The standard InChI is InChI=1S/C25H23FN6O3/c1-35-19-9-6-15(26)10-17(19)24(33)29-11-13-2-4-14(5-3-13)21-20-22(31-32-23(20)27)18(12-28-21)25(34)30-16-7-8-16/h2-6,9-10,12,16H,7-8,11H2,1H3,(H,29,33)(H,30,34)(H3,27,31,32). The van der Waals surface area contributed by atoms with Crippen LogP contribution in [0, 0.1) is 5.82 Å². The number of hydrogen-bond acceptors (Lipinski definition) is 6. The van der Waals surface area contributed by atoms with Crippen LogP contribution in [0.4, 0.5) is 10.2 Å². The third-order valence-corrected chi connectivity index (χ3v) is 5.87. The number of nitrogens with one attached hydrogen (secondary N) is 3. The van der Waals surface area contributed by atoms with Crippen molar-refractivity contribution in [2.45, 2.75) is 25.4 Å². The second-order valence-electron chi connectivity index (χ2n) is 8.35. The summed E-state index contributed by atoms with van der Waals surface area (Å²) in [6.45, 7) is 0.232. The van der Waals surface area contributed by atoms with Crippen molar-refractivity contribution in [3.05, 3.63) is 71.2 Å². The van der Waals surface area contributed by atoms with Gasteiger partial charge in [-0.25, -0.2) is 4.39 Å². The molecule has 0 atom stereocenters. The first-order valence-electron chi connectivity index (χ1n) is 11.1. The first-order valence-corrected chi connectivity index (χ1v) is 11.1. The fraction of sp³-hybridized carbons (Fsp3) is 0.200. The van der Waals surface area contributed by atoms with Crippen LogP contribution in [-0.2, 0) is 6.54 Å². The van der Waals surface area contributed by atoms with Crippen LogP contribution < -0.4 is 21.1 Å². The fourth-order valence-electron chi connectivity index (χ4n) is 3.85. The van der Waals surface area contributed by atoms with Gasteiger partial charge < -0.3 is 21.1 Å². The smallest absolute Gasteiger partial charge is 0.255 e. The van der Waals surface area contributed by atoms with Crippen LogP contribution in [0.5, 0.6) is 5.75 Å². The number of benzene rings is 2. The summed E-state index contributed by atoms with van der Waals surface area (Å²) in [7, 11) is 1.42. The molecule has 2 aromatic heterocycles. The highest BCUT2D eigenvalue weighted by atomic mass is 19.1. The molecule has 2 aromatic carbocycles. The van der Waals surface area contributed by atoms with Crippen LogP contribution in [0.2, 0.25) is 0 Å². The molecule has 1 fully saturated rings. The van der Waals surface area contributed by atoms with E-state index in [9.17, 15) is 14.0 Å². The number of aromatic nitrogens is 3. The molecule has 0 unspecified atom stereocenters. The largest absolute Gasteiger partial charge is 0.496 e. The minimum atomic E-state index is -0.520. The van der Waals surface area contributed by atoms with E-state index in [1.807, 2.05) is 24.3 Å². The van der Waals surface area contributed by atoms with Crippen LogP contribution in [0.1, 0.15) is 39.1 Å². The zero-order valence-electron chi connectivity index (χ0n) is 18.9. The topological polar surface area (TPSA) is 135 Å². The Hall–Kier alpha value is -4.47. The average molecular weight is 474 g/mol. The van der Waals surface area contributed by atoms with Gasteiger partial charge in [-0.1, -0.05) is 24.3 Å². The zero-order chi connectivity index (χ0) is 24.5. The molecule has 1 aliphatic rings. The number of ether oxygens (including phenoxy) is 1. The summed E-state index contributed by atoms with van der Waals surface area (Å²) < 4.78 is 18.7. The first-order chi connectivity index (χ1) is 16.9. The third-order valence-electron chi connectivity index (χ3n) is 5.87. The lowest BCUT2D eigenvalue weighted by Crippen LogP contribution is -2.25. The van der Waals surface area contributed by atoms with E-state index in [1.54, 1.807) is 0 Å². The van der Waals surface area contributed by atoms with Gasteiger partial charge in [0.1, 0.15) is 11.6 Å². The summed E-state index contributed by atoms with van der Waals surface area (Å²) in [4.78, 5) is 29.6. The normalized spacial score (nSPS) is 13.0. The van der Waals surface area contributed by atoms with Crippen LogP contribution in [-0.4, -0.2) is 40.1 Å². The lowest BCUT2D eigenvalue weighted by atomic mass is 10.0. The van der Waals surface area contributed by atoms with Crippen molar-refractivity contribution in [1.82, 2.24) is 25.8 Å². The average Bonchev–Trinajstić information content (AvgIpc) is 3.61. The number of amides is 2. The molecule has 5 N–H and O–H groups in total. The van der Waals surface area contributed by atoms with Crippen molar-refractivity contribution >= 4 is 28.5 Å². The fourth-order valence-corrected chi connectivity index (χ4v) is 3.85. The van der Waals surface area contributed by atoms with Gasteiger partial charge in [0.05, 0.1) is 34.8 Å². The maximum atomic E-state index is 13.6. The minimum Gasteiger partial charge on any atom is -0.496 e. The second-order valence-corrected chi connectivity index (χ2v) is 8.35. The Kier molecular flexibility index (Phi) is 5.77. The van der Waals surface area contributed by atoms with E-state index in [0.717, 1.165) is 30.0 Å². The summed E-state index contributed by atoms with van der Waals surface area (Å²) in [6, 6.07) is 11.4. The van der Waals surface area contributed by atoms with Gasteiger partial charge in [0.2, 0.25) is 0 Å². The van der Waals surface area contributed by atoms with Crippen LogP contribution in [0.25, 0.3) is 22.2 Å². The highest BCUT2D eigenvalue weighted by molar-refractivity contribution is 6.11. The van der Waals surface area contributed by atoms with Crippen molar-refractivity contribution in [3.8, 4) is 17.0 Å². The summed E-state index contributed by atoms with van der Waals surface area (Å²) in [5.41, 5.74) is 9.35. The van der Waals surface area contributed by atoms with Gasteiger partial charge in [0.25, 0.3) is 11.8 Å². The molecule has 1 aliphatic carbocycles. The second kappa shape index (κ2) is 9.05.